The average Bonchev–Trinajstić information content (AvgIpc) is 2.16. The van der Waals surface area contributed by atoms with E-state index >= 15 is 0 Å². The molecule has 0 aliphatic heterocycles. The average molecular weight is 217 g/mol. The van der Waals surface area contributed by atoms with Crippen LogP contribution >= 0.6 is 0 Å². The molecule has 3 N–H and O–H groups in total. The summed E-state index contributed by atoms with van der Waals surface area (Å²) in [6.45, 7) is 6.93. The van der Waals surface area contributed by atoms with Crippen molar-refractivity contribution in [2.24, 2.45) is 5.41 Å². The molecule has 0 aromatic rings. The van der Waals surface area contributed by atoms with E-state index in [2.05, 4.69) is 19.2 Å². The van der Waals surface area contributed by atoms with Crippen molar-refractivity contribution in [2.75, 3.05) is 26.3 Å². The third-order valence-corrected chi connectivity index (χ3v) is 2.65. The van der Waals surface area contributed by atoms with Gasteiger partial charge < -0.3 is 15.5 Å². The molecular weight excluding hydrogens is 190 g/mol. The molecule has 0 aliphatic rings. The Kier molecular flexibility index (Phi) is 9.06. The van der Waals surface area contributed by atoms with E-state index in [1.165, 1.54) is 12.8 Å². The maximum atomic E-state index is 8.85. The van der Waals surface area contributed by atoms with Gasteiger partial charge in [-0.2, -0.15) is 0 Å². The highest BCUT2D eigenvalue weighted by Crippen LogP contribution is 2.17. The van der Waals surface area contributed by atoms with Gasteiger partial charge in [-0.25, -0.2) is 0 Å². The summed E-state index contributed by atoms with van der Waals surface area (Å²) in [5.74, 6) is 0. The second-order valence-electron chi connectivity index (χ2n) is 4.95. The molecule has 0 saturated heterocycles. The van der Waals surface area contributed by atoms with Gasteiger partial charge in [-0.1, -0.05) is 26.7 Å². The molecule has 0 radical (unpaired) electrons. The van der Waals surface area contributed by atoms with E-state index in [1.54, 1.807) is 0 Å². The molecule has 3 heteroatoms. The fourth-order valence-corrected chi connectivity index (χ4v) is 1.53. The van der Waals surface area contributed by atoms with Crippen LogP contribution in [0.3, 0.4) is 0 Å². The summed E-state index contributed by atoms with van der Waals surface area (Å²) in [4.78, 5) is 0. The SMILES string of the molecule is CC(C)(CCO)CNCCCCCCO. The zero-order valence-electron chi connectivity index (χ0n) is 10.3. The largest absolute Gasteiger partial charge is 0.396 e. The predicted octanol–water partition coefficient (Wildman–Crippen LogP) is 1.54. The summed E-state index contributed by atoms with van der Waals surface area (Å²) < 4.78 is 0. The maximum absolute atomic E-state index is 8.85. The summed E-state index contributed by atoms with van der Waals surface area (Å²) in [5.41, 5.74) is 0.194. The standard InChI is InChI=1S/C12H27NO2/c1-12(2,7-10-15)11-13-8-5-3-4-6-9-14/h13-15H,3-11H2,1-2H3. The summed E-state index contributed by atoms with van der Waals surface area (Å²) in [6, 6.07) is 0. The van der Waals surface area contributed by atoms with E-state index in [1.807, 2.05) is 0 Å². The lowest BCUT2D eigenvalue weighted by atomic mass is 9.90. The van der Waals surface area contributed by atoms with Crippen LogP contribution in [0.15, 0.2) is 0 Å². The molecule has 0 saturated carbocycles. The Morgan fingerprint density at radius 1 is 0.933 bits per heavy atom. The van der Waals surface area contributed by atoms with E-state index in [-0.39, 0.29) is 12.0 Å². The first-order valence-corrected chi connectivity index (χ1v) is 6.05. The van der Waals surface area contributed by atoms with Crippen LogP contribution in [-0.2, 0) is 0 Å². The van der Waals surface area contributed by atoms with Crippen LogP contribution in [0, 0.1) is 5.41 Å². The predicted molar refractivity (Wildman–Crippen MR) is 63.9 cm³/mol. The van der Waals surface area contributed by atoms with Crippen molar-refractivity contribution >= 4 is 0 Å². The van der Waals surface area contributed by atoms with Crippen molar-refractivity contribution in [2.45, 2.75) is 46.0 Å². The Morgan fingerprint density at radius 2 is 1.60 bits per heavy atom. The van der Waals surface area contributed by atoms with Crippen molar-refractivity contribution in [3.63, 3.8) is 0 Å². The molecule has 0 unspecified atom stereocenters. The lowest BCUT2D eigenvalue weighted by Gasteiger charge is -2.23. The first-order chi connectivity index (χ1) is 7.12. The van der Waals surface area contributed by atoms with Gasteiger partial charge in [-0.15, -0.1) is 0 Å². The minimum Gasteiger partial charge on any atom is -0.396 e. The highest BCUT2D eigenvalue weighted by molar-refractivity contribution is 4.70. The molecule has 0 bridgehead atoms. The van der Waals surface area contributed by atoms with Gasteiger partial charge in [-0.05, 0) is 31.2 Å². The van der Waals surface area contributed by atoms with Crippen molar-refractivity contribution < 1.29 is 10.2 Å². The van der Waals surface area contributed by atoms with Crippen molar-refractivity contribution in [1.82, 2.24) is 5.32 Å². The van der Waals surface area contributed by atoms with E-state index in [9.17, 15) is 0 Å². The molecule has 3 nitrogen and oxygen atoms in total. The zero-order chi connectivity index (χ0) is 11.6. The first kappa shape index (κ1) is 14.9. The van der Waals surface area contributed by atoms with Gasteiger partial charge in [0.15, 0.2) is 0 Å². The molecule has 15 heavy (non-hydrogen) atoms. The van der Waals surface area contributed by atoms with Crippen molar-refractivity contribution in [3.05, 3.63) is 0 Å². The lowest BCUT2D eigenvalue weighted by molar-refractivity contribution is 0.207. The lowest BCUT2D eigenvalue weighted by Crippen LogP contribution is -2.30. The summed E-state index contributed by atoms with van der Waals surface area (Å²) in [7, 11) is 0. The Balaban J connectivity index is 3.22. The molecule has 92 valence electrons. The molecule has 0 fully saturated rings. The van der Waals surface area contributed by atoms with Crippen LogP contribution in [0.2, 0.25) is 0 Å². The summed E-state index contributed by atoms with van der Waals surface area (Å²) >= 11 is 0. The van der Waals surface area contributed by atoms with Gasteiger partial charge in [0.25, 0.3) is 0 Å². The van der Waals surface area contributed by atoms with Gasteiger partial charge >= 0.3 is 0 Å². The Hall–Kier alpha value is -0.120. The third kappa shape index (κ3) is 10.2. The van der Waals surface area contributed by atoms with Crippen molar-refractivity contribution in [3.8, 4) is 0 Å². The monoisotopic (exact) mass is 217 g/mol. The van der Waals surface area contributed by atoms with Gasteiger partial charge in [-0.3, -0.25) is 0 Å². The smallest absolute Gasteiger partial charge is 0.0436 e. The minimum absolute atomic E-state index is 0.194. The molecule has 0 aliphatic carbocycles. The number of hydrogen-bond acceptors (Lipinski definition) is 3. The van der Waals surface area contributed by atoms with Crippen LogP contribution in [0.4, 0.5) is 0 Å². The summed E-state index contributed by atoms with van der Waals surface area (Å²) in [5, 5.41) is 20.9. The van der Waals surface area contributed by atoms with Crippen LogP contribution in [0.5, 0.6) is 0 Å². The molecule has 0 aromatic carbocycles. The van der Waals surface area contributed by atoms with E-state index in [4.69, 9.17) is 10.2 Å². The zero-order valence-corrected chi connectivity index (χ0v) is 10.3. The van der Waals surface area contributed by atoms with E-state index < -0.39 is 0 Å². The molecule has 0 spiro atoms. The van der Waals surface area contributed by atoms with Gasteiger partial charge in [0.2, 0.25) is 0 Å². The second-order valence-corrected chi connectivity index (χ2v) is 4.95. The number of aliphatic hydroxyl groups is 2. The molecule has 0 rings (SSSR count). The number of hydrogen-bond donors (Lipinski definition) is 3. The minimum atomic E-state index is 0.194. The third-order valence-electron chi connectivity index (χ3n) is 2.65. The van der Waals surface area contributed by atoms with Crippen LogP contribution < -0.4 is 5.32 Å². The Morgan fingerprint density at radius 3 is 2.20 bits per heavy atom. The molecule has 0 amide bonds. The van der Waals surface area contributed by atoms with Crippen molar-refractivity contribution in [1.29, 1.82) is 0 Å². The normalized spacial score (nSPS) is 12.0. The quantitative estimate of drug-likeness (QED) is 0.487. The maximum Gasteiger partial charge on any atom is 0.0436 e. The number of aliphatic hydroxyl groups excluding tert-OH is 2. The van der Waals surface area contributed by atoms with Crippen LogP contribution in [0.25, 0.3) is 0 Å². The Labute approximate surface area is 93.9 Å². The molecule has 0 aromatic heterocycles. The fourth-order valence-electron chi connectivity index (χ4n) is 1.53. The van der Waals surface area contributed by atoms with Gasteiger partial charge in [0.1, 0.15) is 0 Å². The highest BCUT2D eigenvalue weighted by atomic mass is 16.3. The highest BCUT2D eigenvalue weighted by Gasteiger charge is 2.15. The van der Waals surface area contributed by atoms with E-state index in [0.29, 0.717) is 6.61 Å². The fraction of sp³-hybridized carbons (Fsp3) is 1.00. The number of rotatable bonds is 10. The second kappa shape index (κ2) is 9.13. The Bertz CT molecular complexity index is 138. The first-order valence-electron chi connectivity index (χ1n) is 6.05. The van der Waals surface area contributed by atoms with E-state index in [0.717, 1.165) is 32.4 Å². The van der Waals surface area contributed by atoms with Gasteiger partial charge in [0, 0.05) is 19.8 Å². The van der Waals surface area contributed by atoms with Crippen LogP contribution in [-0.4, -0.2) is 36.5 Å². The molecule has 0 atom stereocenters. The topological polar surface area (TPSA) is 52.5 Å². The van der Waals surface area contributed by atoms with Gasteiger partial charge in [0.05, 0.1) is 0 Å². The molecular formula is C12H27NO2. The molecule has 0 heterocycles. The number of unbranched alkanes of at least 4 members (excludes halogenated alkanes) is 3. The number of nitrogens with one attached hydrogen (secondary N) is 1. The van der Waals surface area contributed by atoms with Crippen LogP contribution in [0.1, 0.15) is 46.0 Å². The summed E-state index contributed by atoms with van der Waals surface area (Å²) in [6.07, 6.45) is 5.27.